The first kappa shape index (κ1) is 13.8. The van der Waals surface area contributed by atoms with Gasteiger partial charge >= 0.3 is 0 Å². The number of hydrogen-bond acceptors (Lipinski definition) is 6. The van der Waals surface area contributed by atoms with E-state index >= 15 is 0 Å². The Morgan fingerprint density at radius 3 is 2.53 bits per heavy atom. The Kier molecular flexibility index (Phi) is 4.77. The van der Waals surface area contributed by atoms with E-state index < -0.39 is 5.79 Å². The highest BCUT2D eigenvalue weighted by molar-refractivity contribution is 5.92. The molecule has 6 heteroatoms. The van der Waals surface area contributed by atoms with Crippen molar-refractivity contribution >= 4 is 5.84 Å². The maximum Gasteiger partial charge on any atom is 0.185 e. The minimum Gasteiger partial charge on any atom is -0.385 e. The van der Waals surface area contributed by atoms with E-state index in [2.05, 4.69) is 29.1 Å². The topological polar surface area (TPSA) is 106 Å². The lowest BCUT2D eigenvalue weighted by Crippen LogP contribution is -2.56. The standard InChI is InChI=1S/C11H24N6/c1-3-17(4-2)7-5-6-11(14)15-9(12)8-10(13)16-11/h8,15H,3-7,12,14H2,1-2H3,(H2,13,16). The molecule has 1 heterocycles. The summed E-state index contributed by atoms with van der Waals surface area (Å²) in [7, 11) is 0. The molecule has 1 atom stereocenters. The van der Waals surface area contributed by atoms with E-state index in [4.69, 9.17) is 17.2 Å². The molecule has 0 radical (unpaired) electrons. The van der Waals surface area contributed by atoms with Gasteiger partial charge in [0.1, 0.15) is 11.7 Å². The van der Waals surface area contributed by atoms with Crippen molar-refractivity contribution in [1.82, 2.24) is 10.2 Å². The van der Waals surface area contributed by atoms with Crippen LogP contribution in [0.25, 0.3) is 0 Å². The van der Waals surface area contributed by atoms with Gasteiger partial charge in [0, 0.05) is 12.5 Å². The highest BCUT2D eigenvalue weighted by Crippen LogP contribution is 2.13. The molecule has 1 aliphatic rings. The average Bonchev–Trinajstić information content (AvgIpc) is 2.22. The summed E-state index contributed by atoms with van der Waals surface area (Å²) in [6, 6.07) is 0. The van der Waals surface area contributed by atoms with Gasteiger partial charge in [0.2, 0.25) is 0 Å². The highest BCUT2D eigenvalue weighted by atomic mass is 15.3. The zero-order chi connectivity index (χ0) is 12.9. The molecule has 0 amide bonds. The summed E-state index contributed by atoms with van der Waals surface area (Å²) in [6.07, 6.45) is 3.24. The SMILES string of the molecule is CCN(CC)CCCC1(N)N=C(N)C=C(N)N1. The van der Waals surface area contributed by atoms with Crippen molar-refractivity contribution in [3.05, 3.63) is 11.9 Å². The van der Waals surface area contributed by atoms with Gasteiger partial charge in [-0.2, -0.15) is 0 Å². The Morgan fingerprint density at radius 2 is 2.00 bits per heavy atom. The predicted octanol–water partition coefficient (Wildman–Crippen LogP) is -0.519. The molecule has 7 N–H and O–H groups in total. The van der Waals surface area contributed by atoms with E-state index in [9.17, 15) is 0 Å². The third-order valence-corrected chi connectivity index (χ3v) is 2.92. The van der Waals surface area contributed by atoms with E-state index in [1.54, 1.807) is 6.08 Å². The van der Waals surface area contributed by atoms with Crippen molar-refractivity contribution in [2.45, 2.75) is 32.5 Å². The summed E-state index contributed by atoms with van der Waals surface area (Å²) in [6.45, 7) is 7.41. The number of amidine groups is 1. The van der Waals surface area contributed by atoms with Crippen molar-refractivity contribution in [3.63, 3.8) is 0 Å². The van der Waals surface area contributed by atoms with Crippen LogP contribution < -0.4 is 22.5 Å². The van der Waals surface area contributed by atoms with Gasteiger partial charge in [-0.3, -0.25) is 5.73 Å². The maximum absolute atomic E-state index is 6.09. The highest BCUT2D eigenvalue weighted by Gasteiger charge is 2.26. The molecule has 0 aliphatic carbocycles. The van der Waals surface area contributed by atoms with Crippen LogP contribution in [0.1, 0.15) is 26.7 Å². The van der Waals surface area contributed by atoms with Crippen LogP contribution >= 0.6 is 0 Å². The number of nitrogens with two attached hydrogens (primary N) is 3. The second-order valence-corrected chi connectivity index (χ2v) is 4.32. The fourth-order valence-corrected chi connectivity index (χ4v) is 1.97. The molecule has 0 saturated carbocycles. The Hall–Kier alpha value is -1.27. The van der Waals surface area contributed by atoms with Crippen LogP contribution in [-0.4, -0.2) is 36.2 Å². The van der Waals surface area contributed by atoms with E-state index in [1.807, 2.05) is 0 Å². The molecule has 98 valence electrons. The molecule has 0 bridgehead atoms. The van der Waals surface area contributed by atoms with E-state index in [0.717, 1.165) is 26.1 Å². The lowest BCUT2D eigenvalue weighted by Gasteiger charge is -2.31. The molecule has 6 nitrogen and oxygen atoms in total. The number of rotatable bonds is 6. The molecule has 1 rings (SSSR count). The summed E-state index contributed by atoms with van der Waals surface area (Å²) in [5.74, 6) is 0.00483. The minimum atomic E-state index is -0.851. The van der Waals surface area contributed by atoms with Crippen molar-refractivity contribution in [2.75, 3.05) is 19.6 Å². The number of nitrogens with zero attached hydrogens (tertiary/aromatic N) is 2. The summed E-state index contributed by atoms with van der Waals surface area (Å²) < 4.78 is 0. The average molecular weight is 240 g/mol. The predicted molar refractivity (Wildman–Crippen MR) is 71.0 cm³/mol. The fraction of sp³-hybridized carbons (Fsp3) is 0.727. The van der Waals surface area contributed by atoms with E-state index in [0.29, 0.717) is 18.1 Å². The van der Waals surface area contributed by atoms with Gasteiger partial charge in [0.15, 0.2) is 5.79 Å². The molecule has 0 aromatic rings. The molecule has 0 aromatic carbocycles. The Morgan fingerprint density at radius 1 is 1.35 bits per heavy atom. The maximum atomic E-state index is 6.09. The van der Waals surface area contributed by atoms with Crippen molar-refractivity contribution in [2.24, 2.45) is 22.2 Å². The van der Waals surface area contributed by atoms with Crippen molar-refractivity contribution in [1.29, 1.82) is 0 Å². The quantitative estimate of drug-likeness (QED) is 0.500. The van der Waals surface area contributed by atoms with Gasteiger partial charge in [-0.05, 0) is 26.1 Å². The number of aliphatic imine (C=N–C) groups is 1. The molecule has 1 aliphatic heterocycles. The second-order valence-electron chi connectivity index (χ2n) is 4.32. The van der Waals surface area contributed by atoms with Crippen LogP contribution in [0.3, 0.4) is 0 Å². The van der Waals surface area contributed by atoms with E-state index in [1.165, 1.54) is 0 Å². The van der Waals surface area contributed by atoms with Crippen molar-refractivity contribution in [3.8, 4) is 0 Å². The van der Waals surface area contributed by atoms with Crippen LogP contribution in [0.2, 0.25) is 0 Å². The molecule has 0 spiro atoms. The lowest BCUT2D eigenvalue weighted by molar-refractivity contribution is 0.266. The third kappa shape index (κ3) is 4.24. The largest absolute Gasteiger partial charge is 0.385 e. The third-order valence-electron chi connectivity index (χ3n) is 2.92. The zero-order valence-corrected chi connectivity index (χ0v) is 10.7. The fourth-order valence-electron chi connectivity index (χ4n) is 1.97. The van der Waals surface area contributed by atoms with Crippen LogP contribution in [0, 0.1) is 0 Å². The summed E-state index contributed by atoms with van der Waals surface area (Å²) in [5, 5.41) is 2.96. The second kappa shape index (κ2) is 5.88. The molecule has 17 heavy (non-hydrogen) atoms. The summed E-state index contributed by atoms with van der Waals surface area (Å²) in [5.41, 5.74) is 17.4. The first-order valence-electron chi connectivity index (χ1n) is 6.11. The van der Waals surface area contributed by atoms with E-state index in [-0.39, 0.29) is 0 Å². The minimum absolute atomic E-state index is 0.381. The first-order chi connectivity index (χ1) is 7.99. The molecule has 0 aromatic heterocycles. The monoisotopic (exact) mass is 240 g/mol. The van der Waals surface area contributed by atoms with Gasteiger partial charge in [-0.15, -0.1) is 0 Å². The first-order valence-corrected chi connectivity index (χ1v) is 6.11. The molecule has 1 unspecified atom stereocenters. The Labute approximate surface area is 103 Å². The Balaban J connectivity index is 2.44. The molecule has 0 saturated heterocycles. The van der Waals surface area contributed by atoms with Gasteiger partial charge in [0.05, 0.1) is 0 Å². The van der Waals surface area contributed by atoms with Crippen molar-refractivity contribution < 1.29 is 0 Å². The van der Waals surface area contributed by atoms with Gasteiger partial charge in [-0.25, -0.2) is 4.99 Å². The van der Waals surface area contributed by atoms with Gasteiger partial charge in [0.25, 0.3) is 0 Å². The molecular weight excluding hydrogens is 216 g/mol. The molecule has 0 fully saturated rings. The van der Waals surface area contributed by atoms with Gasteiger partial charge < -0.3 is 21.7 Å². The summed E-state index contributed by atoms with van der Waals surface area (Å²) >= 11 is 0. The zero-order valence-electron chi connectivity index (χ0n) is 10.7. The number of hydrogen-bond donors (Lipinski definition) is 4. The van der Waals surface area contributed by atoms with Crippen LogP contribution in [0.15, 0.2) is 16.9 Å². The normalized spacial score (nSPS) is 24.2. The van der Waals surface area contributed by atoms with Gasteiger partial charge in [-0.1, -0.05) is 13.8 Å². The van der Waals surface area contributed by atoms with Crippen LogP contribution in [0.5, 0.6) is 0 Å². The smallest absolute Gasteiger partial charge is 0.185 e. The molecular formula is C11H24N6. The lowest BCUT2D eigenvalue weighted by atomic mass is 10.1. The summed E-state index contributed by atoms with van der Waals surface area (Å²) in [4.78, 5) is 6.54. The number of nitrogens with one attached hydrogen (secondary N) is 1. The Bertz CT molecular complexity index is 307. The van der Waals surface area contributed by atoms with Crippen LogP contribution in [-0.2, 0) is 0 Å². The van der Waals surface area contributed by atoms with Crippen LogP contribution in [0.4, 0.5) is 0 Å².